The minimum Gasteiger partial charge on any atom is -0.295 e. The number of rotatable bonds is 4. The SMILES string of the molecule is CC(C#N)(Cn1cc(I)cn1)NC1CC1. The Balaban J connectivity index is 2.03. The van der Waals surface area contributed by atoms with E-state index in [0.717, 1.165) is 3.57 Å². The van der Waals surface area contributed by atoms with E-state index in [0.29, 0.717) is 12.6 Å². The highest BCUT2D eigenvalue weighted by atomic mass is 127. The van der Waals surface area contributed by atoms with Crippen molar-refractivity contribution in [3.05, 3.63) is 16.0 Å². The Hall–Kier alpha value is -0.610. The summed E-state index contributed by atoms with van der Waals surface area (Å²) >= 11 is 2.22. The zero-order chi connectivity index (χ0) is 10.9. The molecule has 0 saturated heterocycles. The molecule has 0 spiro atoms. The summed E-state index contributed by atoms with van der Waals surface area (Å²) < 4.78 is 2.92. The Labute approximate surface area is 103 Å². The summed E-state index contributed by atoms with van der Waals surface area (Å²) in [6.07, 6.45) is 6.13. The maximum atomic E-state index is 9.17. The summed E-state index contributed by atoms with van der Waals surface area (Å²) in [5.41, 5.74) is -0.504. The smallest absolute Gasteiger partial charge is 0.123 e. The van der Waals surface area contributed by atoms with Crippen LogP contribution in [0.5, 0.6) is 0 Å². The van der Waals surface area contributed by atoms with Gasteiger partial charge in [0.25, 0.3) is 0 Å². The average molecular weight is 316 g/mol. The molecule has 2 rings (SSSR count). The standard InChI is InChI=1S/C10H13IN4/c1-10(6-12,14-9-2-3-9)7-15-5-8(11)4-13-15/h4-5,9,14H,2-3,7H2,1H3. The minimum absolute atomic E-state index is 0.504. The van der Waals surface area contributed by atoms with Gasteiger partial charge in [0.2, 0.25) is 0 Å². The molecule has 1 heterocycles. The van der Waals surface area contributed by atoms with E-state index in [9.17, 15) is 5.26 Å². The largest absolute Gasteiger partial charge is 0.295 e. The predicted octanol–water partition coefficient (Wildman–Crippen LogP) is 1.52. The second-order valence-electron chi connectivity index (χ2n) is 4.22. The number of nitrogens with zero attached hydrogens (tertiary/aromatic N) is 3. The number of nitriles is 1. The molecule has 1 aliphatic rings. The highest BCUT2D eigenvalue weighted by Crippen LogP contribution is 2.23. The normalized spacial score (nSPS) is 19.5. The van der Waals surface area contributed by atoms with Gasteiger partial charge in [0, 0.05) is 12.2 Å². The number of hydrogen-bond acceptors (Lipinski definition) is 3. The first kappa shape index (κ1) is 10.9. The van der Waals surface area contributed by atoms with Crippen LogP contribution in [0.3, 0.4) is 0 Å². The molecular weight excluding hydrogens is 303 g/mol. The van der Waals surface area contributed by atoms with E-state index in [1.54, 1.807) is 6.20 Å². The predicted molar refractivity (Wildman–Crippen MR) is 65.1 cm³/mol. The van der Waals surface area contributed by atoms with Crippen molar-refractivity contribution in [2.24, 2.45) is 0 Å². The molecule has 80 valence electrons. The molecule has 1 atom stereocenters. The molecule has 0 aromatic carbocycles. The lowest BCUT2D eigenvalue weighted by Crippen LogP contribution is -2.46. The van der Waals surface area contributed by atoms with Crippen LogP contribution in [0.25, 0.3) is 0 Å². The minimum atomic E-state index is -0.504. The van der Waals surface area contributed by atoms with Crippen LogP contribution in [-0.4, -0.2) is 21.4 Å². The van der Waals surface area contributed by atoms with Gasteiger partial charge >= 0.3 is 0 Å². The van der Waals surface area contributed by atoms with Crippen molar-refractivity contribution in [2.45, 2.75) is 37.9 Å². The fourth-order valence-corrected chi connectivity index (χ4v) is 1.99. The highest BCUT2D eigenvalue weighted by Gasteiger charge is 2.32. The maximum absolute atomic E-state index is 9.17. The first-order chi connectivity index (χ1) is 7.11. The lowest BCUT2D eigenvalue weighted by atomic mass is 10.1. The van der Waals surface area contributed by atoms with Crippen LogP contribution >= 0.6 is 22.6 Å². The van der Waals surface area contributed by atoms with E-state index >= 15 is 0 Å². The number of nitrogens with one attached hydrogen (secondary N) is 1. The molecule has 1 unspecified atom stereocenters. The maximum Gasteiger partial charge on any atom is 0.123 e. The van der Waals surface area contributed by atoms with Crippen molar-refractivity contribution in [3.8, 4) is 6.07 Å². The molecule has 1 aromatic rings. The van der Waals surface area contributed by atoms with Gasteiger partial charge in [-0.2, -0.15) is 10.4 Å². The molecule has 0 radical (unpaired) electrons. The molecule has 1 saturated carbocycles. The fraction of sp³-hybridized carbons (Fsp3) is 0.600. The zero-order valence-corrected chi connectivity index (χ0v) is 10.7. The molecule has 0 bridgehead atoms. The van der Waals surface area contributed by atoms with Crippen LogP contribution in [0, 0.1) is 14.9 Å². The van der Waals surface area contributed by atoms with Gasteiger partial charge in [0.1, 0.15) is 5.54 Å². The van der Waals surface area contributed by atoms with Gasteiger partial charge in [-0.3, -0.25) is 10.00 Å². The van der Waals surface area contributed by atoms with E-state index in [-0.39, 0.29) is 0 Å². The second kappa shape index (κ2) is 4.10. The third kappa shape index (κ3) is 2.92. The van der Waals surface area contributed by atoms with Crippen molar-refractivity contribution < 1.29 is 0 Å². The first-order valence-electron chi connectivity index (χ1n) is 4.98. The third-order valence-electron chi connectivity index (χ3n) is 2.43. The number of hydrogen-bond donors (Lipinski definition) is 1. The monoisotopic (exact) mass is 316 g/mol. The molecular formula is C10H13IN4. The Morgan fingerprint density at radius 3 is 3.00 bits per heavy atom. The van der Waals surface area contributed by atoms with E-state index in [4.69, 9.17) is 0 Å². The van der Waals surface area contributed by atoms with Crippen molar-refractivity contribution in [3.63, 3.8) is 0 Å². The summed E-state index contributed by atoms with van der Waals surface area (Å²) in [6, 6.07) is 2.86. The Morgan fingerprint density at radius 1 is 1.80 bits per heavy atom. The topological polar surface area (TPSA) is 53.6 Å². The molecule has 5 heteroatoms. The van der Waals surface area contributed by atoms with Crippen LogP contribution in [0.1, 0.15) is 19.8 Å². The molecule has 4 nitrogen and oxygen atoms in total. The van der Waals surface area contributed by atoms with E-state index < -0.39 is 5.54 Å². The van der Waals surface area contributed by atoms with Crippen molar-refractivity contribution >= 4 is 22.6 Å². The van der Waals surface area contributed by atoms with E-state index in [1.165, 1.54) is 12.8 Å². The summed E-state index contributed by atoms with van der Waals surface area (Å²) in [4.78, 5) is 0. The number of halogens is 1. The molecule has 15 heavy (non-hydrogen) atoms. The van der Waals surface area contributed by atoms with Gasteiger partial charge in [-0.15, -0.1) is 0 Å². The zero-order valence-electron chi connectivity index (χ0n) is 8.57. The van der Waals surface area contributed by atoms with Gasteiger partial charge in [-0.05, 0) is 42.4 Å². The van der Waals surface area contributed by atoms with Gasteiger partial charge in [0.15, 0.2) is 0 Å². The Kier molecular flexibility index (Phi) is 2.98. The quantitative estimate of drug-likeness (QED) is 0.857. The summed E-state index contributed by atoms with van der Waals surface area (Å²) in [5.74, 6) is 0. The first-order valence-corrected chi connectivity index (χ1v) is 6.06. The summed E-state index contributed by atoms with van der Waals surface area (Å²) in [5, 5.41) is 16.7. The Morgan fingerprint density at radius 2 is 2.53 bits per heavy atom. The van der Waals surface area contributed by atoms with Gasteiger partial charge in [-0.25, -0.2) is 0 Å². The summed E-state index contributed by atoms with van der Waals surface area (Å²) in [7, 11) is 0. The molecule has 1 N–H and O–H groups in total. The van der Waals surface area contributed by atoms with Gasteiger partial charge in [0.05, 0.1) is 22.4 Å². The molecule has 0 aliphatic heterocycles. The van der Waals surface area contributed by atoms with E-state index in [1.807, 2.05) is 17.8 Å². The third-order valence-corrected chi connectivity index (χ3v) is 2.98. The molecule has 1 aliphatic carbocycles. The van der Waals surface area contributed by atoms with Crippen molar-refractivity contribution in [2.75, 3.05) is 0 Å². The van der Waals surface area contributed by atoms with E-state index in [2.05, 4.69) is 39.1 Å². The van der Waals surface area contributed by atoms with Gasteiger partial charge in [-0.1, -0.05) is 0 Å². The van der Waals surface area contributed by atoms with Gasteiger partial charge < -0.3 is 0 Å². The summed E-state index contributed by atoms with van der Waals surface area (Å²) in [6.45, 7) is 2.53. The van der Waals surface area contributed by atoms with Crippen LogP contribution in [0.2, 0.25) is 0 Å². The second-order valence-corrected chi connectivity index (χ2v) is 5.46. The van der Waals surface area contributed by atoms with Crippen molar-refractivity contribution in [1.82, 2.24) is 15.1 Å². The molecule has 1 aromatic heterocycles. The number of aromatic nitrogens is 2. The highest BCUT2D eigenvalue weighted by molar-refractivity contribution is 14.1. The van der Waals surface area contributed by atoms with Crippen LogP contribution in [0.15, 0.2) is 12.4 Å². The fourth-order valence-electron chi connectivity index (χ4n) is 1.54. The van der Waals surface area contributed by atoms with Crippen LogP contribution in [-0.2, 0) is 6.54 Å². The van der Waals surface area contributed by atoms with Crippen LogP contribution in [0.4, 0.5) is 0 Å². The average Bonchev–Trinajstić information content (AvgIpc) is 2.90. The molecule has 1 fully saturated rings. The lowest BCUT2D eigenvalue weighted by Gasteiger charge is -2.22. The van der Waals surface area contributed by atoms with Crippen molar-refractivity contribution in [1.29, 1.82) is 5.26 Å². The molecule has 0 amide bonds. The lowest BCUT2D eigenvalue weighted by molar-refractivity contribution is 0.367. The van der Waals surface area contributed by atoms with Crippen LogP contribution < -0.4 is 5.32 Å². The Bertz CT molecular complexity index is 390.